The average molecular weight is 428 g/mol. The first kappa shape index (κ1) is 21.4. The predicted octanol–water partition coefficient (Wildman–Crippen LogP) is 5.91. The molecular weight excluding hydrogens is 402 g/mol. The summed E-state index contributed by atoms with van der Waals surface area (Å²) in [5, 5.41) is 3.50. The molecule has 0 atom stereocenters. The van der Waals surface area contributed by atoms with E-state index >= 15 is 0 Å². The van der Waals surface area contributed by atoms with E-state index in [1.165, 1.54) is 0 Å². The van der Waals surface area contributed by atoms with Crippen LogP contribution in [0, 0.1) is 27.7 Å². The second-order valence-corrected chi connectivity index (χ2v) is 8.06. The van der Waals surface area contributed by atoms with Gasteiger partial charge in [-0.25, -0.2) is 0 Å². The van der Waals surface area contributed by atoms with Crippen molar-refractivity contribution >= 4 is 28.3 Å². The molecule has 5 nitrogen and oxygen atoms in total. The monoisotopic (exact) mass is 427 g/mol. The van der Waals surface area contributed by atoms with Gasteiger partial charge < -0.3 is 14.5 Å². The van der Waals surface area contributed by atoms with Gasteiger partial charge in [0, 0.05) is 10.9 Å². The highest BCUT2D eigenvalue weighted by Crippen LogP contribution is 2.33. The molecule has 1 aromatic heterocycles. The number of benzene rings is 3. The summed E-state index contributed by atoms with van der Waals surface area (Å²) in [6.45, 7) is 7.71. The number of nitrogens with one attached hydrogen (secondary N) is 1. The van der Waals surface area contributed by atoms with Crippen LogP contribution in [0.5, 0.6) is 5.75 Å². The zero-order valence-corrected chi connectivity index (χ0v) is 18.6. The van der Waals surface area contributed by atoms with Gasteiger partial charge in [0.25, 0.3) is 5.91 Å². The predicted molar refractivity (Wildman–Crippen MR) is 126 cm³/mol. The molecule has 32 heavy (non-hydrogen) atoms. The Balaban J connectivity index is 1.61. The average Bonchev–Trinajstić information content (AvgIpc) is 3.11. The highest BCUT2D eigenvalue weighted by atomic mass is 16.5. The van der Waals surface area contributed by atoms with E-state index in [9.17, 15) is 9.59 Å². The number of fused-ring (bicyclic) bond motifs is 1. The molecule has 162 valence electrons. The molecule has 1 heterocycles. The van der Waals surface area contributed by atoms with Crippen LogP contribution in [0.15, 0.2) is 65.1 Å². The quantitative estimate of drug-likeness (QED) is 0.388. The maximum Gasteiger partial charge on any atom is 0.262 e. The van der Waals surface area contributed by atoms with E-state index in [1.54, 1.807) is 18.2 Å². The summed E-state index contributed by atoms with van der Waals surface area (Å²) in [6, 6.07) is 18.5. The van der Waals surface area contributed by atoms with Crippen LogP contribution in [-0.4, -0.2) is 18.3 Å². The van der Waals surface area contributed by atoms with Crippen LogP contribution in [0.3, 0.4) is 0 Å². The third kappa shape index (κ3) is 4.28. The molecule has 1 N–H and O–H groups in total. The van der Waals surface area contributed by atoms with Gasteiger partial charge in [-0.1, -0.05) is 59.7 Å². The molecule has 0 aliphatic carbocycles. The van der Waals surface area contributed by atoms with Crippen molar-refractivity contribution in [2.45, 2.75) is 27.7 Å². The number of aryl methyl sites for hydroxylation is 4. The molecular formula is C27H25NO4. The van der Waals surface area contributed by atoms with E-state index < -0.39 is 0 Å². The second kappa shape index (κ2) is 8.71. The number of furan rings is 1. The number of amides is 1. The topological polar surface area (TPSA) is 68.5 Å². The molecule has 0 bridgehead atoms. The fraction of sp³-hybridized carbons (Fsp3) is 0.185. The highest BCUT2D eigenvalue weighted by Gasteiger charge is 2.23. The van der Waals surface area contributed by atoms with E-state index in [4.69, 9.17) is 9.15 Å². The lowest BCUT2D eigenvalue weighted by Gasteiger charge is -2.13. The number of carbonyl (C=O) groups is 2. The first-order valence-electron chi connectivity index (χ1n) is 10.5. The molecule has 0 aliphatic rings. The van der Waals surface area contributed by atoms with Crippen LogP contribution in [0.25, 0.3) is 11.0 Å². The molecule has 4 rings (SSSR count). The Labute approximate surface area is 187 Å². The number of anilines is 1. The Bertz CT molecular complexity index is 1290. The van der Waals surface area contributed by atoms with Crippen molar-refractivity contribution < 1.29 is 18.7 Å². The summed E-state index contributed by atoms with van der Waals surface area (Å²) in [4.78, 5) is 25.9. The van der Waals surface area contributed by atoms with Gasteiger partial charge in [-0.3, -0.25) is 9.59 Å². The van der Waals surface area contributed by atoms with E-state index in [1.807, 2.05) is 70.2 Å². The summed E-state index contributed by atoms with van der Waals surface area (Å²) in [7, 11) is 0. The van der Waals surface area contributed by atoms with Crippen molar-refractivity contribution in [2.24, 2.45) is 0 Å². The minimum atomic E-state index is -0.367. The lowest BCUT2D eigenvalue weighted by Crippen LogP contribution is -2.21. The Kier molecular flexibility index (Phi) is 5.82. The number of hydrogen-bond acceptors (Lipinski definition) is 4. The van der Waals surface area contributed by atoms with Crippen molar-refractivity contribution in [3.8, 4) is 5.75 Å². The highest BCUT2D eigenvalue weighted by molar-refractivity contribution is 6.17. The van der Waals surface area contributed by atoms with E-state index in [-0.39, 0.29) is 24.1 Å². The number of para-hydroxylation sites is 1. The smallest absolute Gasteiger partial charge is 0.262 e. The minimum Gasteiger partial charge on any atom is -0.483 e. The Morgan fingerprint density at radius 3 is 2.22 bits per heavy atom. The van der Waals surface area contributed by atoms with Crippen molar-refractivity contribution in [3.63, 3.8) is 0 Å². The first-order valence-corrected chi connectivity index (χ1v) is 10.5. The molecule has 0 aliphatic heterocycles. The molecule has 5 heteroatoms. The van der Waals surface area contributed by atoms with Crippen LogP contribution >= 0.6 is 0 Å². The number of rotatable bonds is 6. The minimum absolute atomic E-state index is 0.103. The van der Waals surface area contributed by atoms with Crippen LogP contribution in [0.4, 0.5) is 5.69 Å². The SMILES string of the molecule is Cc1ccc(C(=O)c2oc3ccccc3c2NC(=O)COc2c(C)cc(C)cc2C)cc1. The maximum absolute atomic E-state index is 13.2. The summed E-state index contributed by atoms with van der Waals surface area (Å²) < 4.78 is 11.7. The number of ketones is 1. The Hall–Kier alpha value is -3.86. The van der Waals surface area contributed by atoms with Crippen molar-refractivity contribution in [2.75, 3.05) is 11.9 Å². The first-order chi connectivity index (χ1) is 15.3. The molecule has 0 unspecified atom stereocenters. The fourth-order valence-electron chi connectivity index (χ4n) is 3.87. The van der Waals surface area contributed by atoms with E-state index in [2.05, 4.69) is 5.32 Å². The maximum atomic E-state index is 13.2. The van der Waals surface area contributed by atoms with Crippen LogP contribution in [0.1, 0.15) is 38.4 Å². The van der Waals surface area contributed by atoms with Crippen LogP contribution in [0.2, 0.25) is 0 Å². The van der Waals surface area contributed by atoms with Gasteiger partial charge in [0.2, 0.25) is 5.78 Å². The van der Waals surface area contributed by atoms with Gasteiger partial charge in [-0.15, -0.1) is 0 Å². The zero-order valence-electron chi connectivity index (χ0n) is 18.6. The van der Waals surface area contributed by atoms with E-state index in [0.717, 1.165) is 22.3 Å². The number of hydrogen-bond donors (Lipinski definition) is 1. The van der Waals surface area contributed by atoms with Crippen molar-refractivity contribution in [1.82, 2.24) is 0 Å². The van der Waals surface area contributed by atoms with Crippen molar-refractivity contribution in [3.05, 3.63) is 94.2 Å². The molecule has 4 aromatic rings. The van der Waals surface area contributed by atoms with Gasteiger partial charge in [0.15, 0.2) is 12.4 Å². The molecule has 0 fully saturated rings. The van der Waals surface area contributed by atoms with Crippen molar-refractivity contribution in [1.29, 1.82) is 0 Å². The zero-order chi connectivity index (χ0) is 22.8. The molecule has 0 saturated carbocycles. The molecule has 1 amide bonds. The van der Waals surface area contributed by atoms with Gasteiger partial charge in [0.1, 0.15) is 11.3 Å². The van der Waals surface area contributed by atoms with Gasteiger partial charge in [0.05, 0.1) is 5.69 Å². The largest absolute Gasteiger partial charge is 0.483 e. The van der Waals surface area contributed by atoms with Gasteiger partial charge in [-0.05, 0) is 51.0 Å². The molecule has 3 aromatic carbocycles. The summed E-state index contributed by atoms with van der Waals surface area (Å²) in [6.07, 6.45) is 0. The summed E-state index contributed by atoms with van der Waals surface area (Å²) >= 11 is 0. The Morgan fingerprint density at radius 1 is 0.875 bits per heavy atom. The Morgan fingerprint density at radius 2 is 1.53 bits per heavy atom. The van der Waals surface area contributed by atoms with E-state index in [0.29, 0.717) is 28.0 Å². The molecule has 0 radical (unpaired) electrons. The summed E-state index contributed by atoms with van der Waals surface area (Å²) in [5.74, 6) is 0.140. The number of carbonyl (C=O) groups excluding carboxylic acids is 2. The fourth-order valence-corrected chi connectivity index (χ4v) is 3.87. The second-order valence-electron chi connectivity index (χ2n) is 8.06. The molecule has 0 saturated heterocycles. The van der Waals surface area contributed by atoms with Gasteiger partial charge >= 0.3 is 0 Å². The summed E-state index contributed by atoms with van der Waals surface area (Å²) in [5.41, 5.74) is 5.52. The van der Waals surface area contributed by atoms with Gasteiger partial charge in [-0.2, -0.15) is 0 Å². The molecule has 0 spiro atoms. The number of ether oxygens (including phenoxy) is 1. The normalized spacial score (nSPS) is 10.9. The van der Waals surface area contributed by atoms with Crippen LogP contribution in [-0.2, 0) is 4.79 Å². The third-order valence-electron chi connectivity index (χ3n) is 5.33. The lowest BCUT2D eigenvalue weighted by atomic mass is 10.1. The van der Waals surface area contributed by atoms with Crippen LogP contribution < -0.4 is 10.1 Å². The lowest BCUT2D eigenvalue weighted by molar-refractivity contribution is -0.118. The standard InChI is InChI=1S/C27H25NO4/c1-16-9-11-20(12-10-16)25(30)27-24(21-7-5-6-8-22(21)32-27)28-23(29)15-31-26-18(3)13-17(2)14-19(26)4/h5-14H,15H2,1-4H3,(H,28,29). The third-order valence-corrected chi connectivity index (χ3v) is 5.33.